The van der Waals surface area contributed by atoms with Gasteiger partial charge >= 0.3 is 0 Å². The van der Waals surface area contributed by atoms with Crippen LogP contribution in [0.3, 0.4) is 0 Å². The van der Waals surface area contributed by atoms with E-state index in [-0.39, 0.29) is 6.10 Å². The molecule has 2 nitrogen and oxygen atoms in total. The first-order chi connectivity index (χ1) is 6.81. The molecule has 0 aliphatic rings. The van der Waals surface area contributed by atoms with Crippen molar-refractivity contribution in [3.05, 3.63) is 36.0 Å². The molecule has 0 saturated carbocycles. The summed E-state index contributed by atoms with van der Waals surface area (Å²) in [5, 5.41) is 10.8. The third-order valence-corrected chi connectivity index (χ3v) is 2.60. The number of para-hydroxylation sites is 1. The van der Waals surface area contributed by atoms with E-state index in [1.807, 2.05) is 25.3 Å². The maximum atomic E-state index is 9.58. The van der Waals surface area contributed by atoms with Gasteiger partial charge in [-0.2, -0.15) is 0 Å². The molecular formula is C12H15NO. The Morgan fingerprint density at radius 1 is 1.36 bits per heavy atom. The molecule has 1 unspecified atom stereocenters. The minimum atomic E-state index is -0.228. The van der Waals surface area contributed by atoms with E-state index in [2.05, 4.69) is 17.1 Å². The first-order valence-corrected chi connectivity index (χ1v) is 5.04. The first kappa shape index (κ1) is 9.28. The van der Waals surface area contributed by atoms with Crippen molar-refractivity contribution in [2.24, 2.45) is 0 Å². The molecule has 2 heteroatoms. The monoisotopic (exact) mass is 189 g/mol. The number of aromatic amines is 1. The summed E-state index contributed by atoms with van der Waals surface area (Å²) in [6.07, 6.45) is 3.30. The molecule has 0 radical (unpaired) electrons. The van der Waals surface area contributed by atoms with Gasteiger partial charge in [0.25, 0.3) is 0 Å². The van der Waals surface area contributed by atoms with Crippen molar-refractivity contribution >= 4 is 10.9 Å². The summed E-state index contributed by atoms with van der Waals surface area (Å²) in [7, 11) is 0. The van der Waals surface area contributed by atoms with E-state index in [0.717, 1.165) is 18.4 Å². The summed E-state index contributed by atoms with van der Waals surface area (Å²) in [6, 6.07) is 8.18. The Balaban J connectivity index is 2.33. The standard InChI is InChI=1S/C12H15NO/c1-2-10(14)7-9-8-13-12-6-4-3-5-11(9)12/h3-6,8,10,13-14H,2,7H2,1H3. The number of H-pyrrole nitrogens is 1. The van der Waals surface area contributed by atoms with Gasteiger partial charge in [0, 0.05) is 23.5 Å². The first-order valence-electron chi connectivity index (χ1n) is 5.04. The maximum absolute atomic E-state index is 9.58. The Morgan fingerprint density at radius 3 is 2.93 bits per heavy atom. The topological polar surface area (TPSA) is 36.0 Å². The fraction of sp³-hybridized carbons (Fsp3) is 0.333. The minimum absolute atomic E-state index is 0.228. The fourth-order valence-electron chi connectivity index (χ4n) is 1.70. The van der Waals surface area contributed by atoms with Crippen LogP contribution >= 0.6 is 0 Å². The Bertz CT molecular complexity index is 419. The normalized spacial score (nSPS) is 13.3. The molecule has 0 amide bonds. The van der Waals surface area contributed by atoms with Crippen molar-refractivity contribution in [3.63, 3.8) is 0 Å². The summed E-state index contributed by atoms with van der Waals surface area (Å²) in [6.45, 7) is 2.00. The Kier molecular flexibility index (Phi) is 2.55. The van der Waals surface area contributed by atoms with Gasteiger partial charge < -0.3 is 10.1 Å². The molecule has 0 aliphatic heterocycles. The molecule has 0 aliphatic carbocycles. The minimum Gasteiger partial charge on any atom is -0.393 e. The number of aliphatic hydroxyl groups excluding tert-OH is 1. The second-order valence-corrected chi connectivity index (χ2v) is 3.63. The van der Waals surface area contributed by atoms with E-state index >= 15 is 0 Å². The van der Waals surface area contributed by atoms with Crippen LogP contribution in [0.2, 0.25) is 0 Å². The van der Waals surface area contributed by atoms with Crippen LogP contribution in [0.5, 0.6) is 0 Å². The van der Waals surface area contributed by atoms with E-state index in [9.17, 15) is 5.11 Å². The van der Waals surface area contributed by atoms with Crippen LogP contribution < -0.4 is 0 Å². The van der Waals surface area contributed by atoms with Crippen molar-refractivity contribution < 1.29 is 5.11 Å². The van der Waals surface area contributed by atoms with Crippen molar-refractivity contribution in [1.82, 2.24) is 4.98 Å². The van der Waals surface area contributed by atoms with Crippen LogP contribution in [-0.2, 0) is 6.42 Å². The van der Waals surface area contributed by atoms with Crippen LogP contribution in [0, 0.1) is 0 Å². The lowest BCUT2D eigenvalue weighted by Crippen LogP contribution is -2.07. The molecule has 1 aromatic carbocycles. The molecular weight excluding hydrogens is 174 g/mol. The van der Waals surface area contributed by atoms with Crippen LogP contribution in [-0.4, -0.2) is 16.2 Å². The number of hydrogen-bond donors (Lipinski definition) is 2. The van der Waals surface area contributed by atoms with Gasteiger partial charge in [0.15, 0.2) is 0 Å². The summed E-state index contributed by atoms with van der Waals surface area (Å²) < 4.78 is 0. The molecule has 2 N–H and O–H groups in total. The number of fused-ring (bicyclic) bond motifs is 1. The van der Waals surface area contributed by atoms with Gasteiger partial charge in [-0.25, -0.2) is 0 Å². The van der Waals surface area contributed by atoms with Gasteiger partial charge in [-0.05, 0) is 18.1 Å². The molecule has 1 atom stereocenters. The van der Waals surface area contributed by atoms with Gasteiger partial charge in [-0.15, -0.1) is 0 Å². The Hall–Kier alpha value is -1.28. The lowest BCUT2D eigenvalue weighted by Gasteiger charge is -2.05. The number of hydrogen-bond acceptors (Lipinski definition) is 1. The van der Waals surface area contributed by atoms with Crippen molar-refractivity contribution in [2.75, 3.05) is 0 Å². The predicted molar refractivity (Wildman–Crippen MR) is 58.3 cm³/mol. The lowest BCUT2D eigenvalue weighted by atomic mass is 10.1. The SMILES string of the molecule is CCC(O)Cc1c[nH]c2ccccc12. The summed E-state index contributed by atoms with van der Waals surface area (Å²) >= 11 is 0. The molecule has 14 heavy (non-hydrogen) atoms. The maximum Gasteiger partial charge on any atom is 0.0578 e. The Morgan fingerprint density at radius 2 is 2.14 bits per heavy atom. The number of aliphatic hydroxyl groups is 1. The van der Waals surface area contributed by atoms with Gasteiger partial charge in [-0.1, -0.05) is 25.1 Å². The summed E-state index contributed by atoms with van der Waals surface area (Å²) in [5.41, 5.74) is 2.35. The number of benzene rings is 1. The molecule has 1 heterocycles. The van der Waals surface area contributed by atoms with Gasteiger partial charge in [0.05, 0.1) is 6.10 Å². The third-order valence-electron chi connectivity index (χ3n) is 2.60. The highest BCUT2D eigenvalue weighted by molar-refractivity contribution is 5.83. The van der Waals surface area contributed by atoms with E-state index in [1.54, 1.807) is 0 Å². The highest BCUT2D eigenvalue weighted by Gasteiger charge is 2.07. The van der Waals surface area contributed by atoms with E-state index in [0.29, 0.717) is 0 Å². The second kappa shape index (κ2) is 3.84. The Labute approximate surface area is 83.6 Å². The predicted octanol–water partition coefficient (Wildman–Crippen LogP) is 2.48. The molecule has 1 aromatic heterocycles. The molecule has 2 aromatic rings. The summed E-state index contributed by atoms with van der Waals surface area (Å²) in [5.74, 6) is 0. The zero-order valence-electron chi connectivity index (χ0n) is 8.33. The lowest BCUT2D eigenvalue weighted by molar-refractivity contribution is 0.171. The average Bonchev–Trinajstić information content (AvgIpc) is 2.62. The van der Waals surface area contributed by atoms with Gasteiger partial charge in [0.1, 0.15) is 0 Å². The largest absolute Gasteiger partial charge is 0.393 e. The molecule has 74 valence electrons. The third kappa shape index (κ3) is 1.66. The molecule has 0 spiro atoms. The molecule has 0 saturated heterocycles. The van der Waals surface area contributed by atoms with Crippen molar-refractivity contribution in [2.45, 2.75) is 25.9 Å². The average molecular weight is 189 g/mol. The van der Waals surface area contributed by atoms with Crippen LogP contribution in [0.1, 0.15) is 18.9 Å². The van der Waals surface area contributed by atoms with Crippen LogP contribution in [0.15, 0.2) is 30.5 Å². The second-order valence-electron chi connectivity index (χ2n) is 3.63. The number of rotatable bonds is 3. The smallest absolute Gasteiger partial charge is 0.0578 e. The van der Waals surface area contributed by atoms with Crippen LogP contribution in [0.4, 0.5) is 0 Å². The van der Waals surface area contributed by atoms with Crippen molar-refractivity contribution in [3.8, 4) is 0 Å². The zero-order valence-corrected chi connectivity index (χ0v) is 8.33. The van der Waals surface area contributed by atoms with Gasteiger partial charge in [-0.3, -0.25) is 0 Å². The number of nitrogens with one attached hydrogen (secondary N) is 1. The highest BCUT2D eigenvalue weighted by atomic mass is 16.3. The molecule has 0 fully saturated rings. The highest BCUT2D eigenvalue weighted by Crippen LogP contribution is 2.19. The van der Waals surface area contributed by atoms with E-state index in [1.165, 1.54) is 10.9 Å². The van der Waals surface area contributed by atoms with Crippen molar-refractivity contribution in [1.29, 1.82) is 0 Å². The molecule has 0 bridgehead atoms. The van der Waals surface area contributed by atoms with Crippen LogP contribution in [0.25, 0.3) is 10.9 Å². The van der Waals surface area contributed by atoms with E-state index < -0.39 is 0 Å². The molecule has 2 rings (SSSR count). The van der Waals surface area contributed by atoms with E-state index in [4.69, 9.17) is 0 Å². The van der Waals surface area contributed by atoms with Gasteiger partial charge in [0.2, 0.25) is 0 Å². The zero-order chi connectivity index (χ0) is 9.97. The summed E-state index contributed by atoms with van der Waals surface area (Å²) in [4.78, 5) is 3.21. The number of aromatic nitrogens is 1. The fourth-order valence-corrected chi connectivity index (χ4v) is 1.70. The quantitative estimate of drug-likeness (QED) is 0.764.